The van der Waals surface area contributed by atoms with Gasteiger partial charge in [-0.15, -0.1) is 11.8 Å². The lowest BCUT2D eigenvalue weighted by Crippen LogP contribution is -2.49. The van der Waals surface area contributed by atoms with E-state index in [4.69, 9.17) is 34.8 Å². The van der Waals surface area contributed by atoms with Crippen molar-refractivity contribution in [1.29, 1.82) is 0 Å². The first-order valence-corrected chi connectivity index (χ1v) is 13.0. The van der Waals surface area contributed by atoms with E-state index in [1.54, 1.807) is 17.0 Å². The van der Waals surface area contributed by atoms with Crippen LogP contribution in [-0.4, -0.2) is 35.1 Å². The van der Waals surface area contributed by atoms with Gasteiger partial charge < -0.3 is 10.2 Å². The smallest absolute Gasteiger partial charge is 0.242 e. The first-order chi connectivity index (χ1) is 15.4. The van der Waals surface area contributed by atoms with Crippen LogP contribution in [0.5, 0.6) is 0 Å². The third-order valence-electron chi connectivity index (χ3n) is 4.99. The first-order valence-electron chi connectivity index (χ1n) is 10.7. The summed E-state index contributed by atoms with van der Waals surface area (Å²) in [6.45, 7) is 4.86. The Kier molecular flexibility index (Phi) is 11.7. The highest BCUT2D eigenvalue weighted by molar-refractivity contribution is 7.99. The highest BCUT2D eigenvalue weighted by Gasteiger charge is 2.28. The zero-order valence-corrected chi connectivity index (χ0v) is 21.5. The molecule has 0 aliphatic carbocycles. The largest absolute Gasteiger partial charge is 0.354 e. The van der Waals surface area contributed by atoms with Gasteiger partial charge in [0.1, 0.15) is 6.04 Å². The average molecular weight is 516 g/mol. The fourth-order valence-corrected chi connectivity index (χ4v) is 4.72. The SMILES string of the molecule is CCCCNC(=O)[C@@H](CC)N(Cc1ccc(Cl)c(Cl)c1)C(=O)CSCc1ccccc1Cl. The van der Waals surface area contributed by atoms with Crippen molar-refractivity contribution in [2.75, 3.05) is 12.3 Å². The molecule has 0 aliphatic heterocycles. The van der Waals surface area contributed by atoms with Gasteiger partial charge >= 0.3 is 0 Å². The predicted molar refractivity (Wildman–Crippen MR) is 137 cm³/mol. The molecule has 0 bridgehead atoms. The number of nitrogens with zero attached hydrogens (tertiary/aromatic N) is 1. The highest BCUT2D eigenvalue weighted by Crippen LogP contribution is 2.25. The van der Waals surface area contributed by atoms with Crippen LogP contribution in [0.15, 0.2) is 42.5 Å². The van der Waals surface area contributed by atoms with Crippen molar-refractivity contribution < 1.29 is 9.59 Å². The molecule has 2 amide bonds. The molecule has 0 aromatic heterocycles. The summed E-state index contributed by atoms with van der Waals surface area (Å²) in [6, 6.07) is 12.3. The molecule has 0 saturated heterocycles. The molecule has 0 saturated carbocycles. The second-order valence-electron chi connectivity index (χ2n) is 7.42. The third-order valence-corrected chi connectivity index (χ3v) is 7.07. The normalized spacial score (nSPS) is 11.8. The highest BCUT2D eigenvalue weighted by atomic mass is 35.5. The molecule has 0 unspecified atom stereocenters. The molecule has 4 nitrogen and oxygen atoms in total. The van der Waals surface area contributed by atoms with Gasteiger partial charge in [-0.3, -0.25) is 9.59 Å². The van der Waals surface area contributed by atoms with Crippen molar-refractivity contribution >= 4 is 58.4 Å². The Morgan fingerprint density at radius 1 is 1.03 bits per heavy atom. The van der Waals surface area contributed by atoms with Gasteiger partial charge in [0.15, 0.2) is 0 Å². The number of unbranched alkanes of at least 4 members (excludes halogenated alkanes) is 1. The molecule has 2 rings (SSSR count). The van der Waals surface area contributed by atoms with E-state index in [1.165, 1.54) is 11.8 Å². The Morgan fingerprint density at radius 3 is 2.44 bits per heavy atom. The Balaban J connectivity index is 2.15. The number of benzene rings is 2. The molecule has 0 aliphatic rings. The van der Waals surface area contributed by atoms with Crippen LogP contribution < -0.4 is 5.32 Å². The molecule has 32 heavy (non-hydrogen) atoms. The van der Waals surface area contributed by atoms with Gasteiger partial charge in [-0.1, -0.05) is 79.3 Å². The van der Waals surface area contributed by atoms with Crippen LogP contribution in [0.4, 0.5) is 0 Å². The lowest BCUT2D eigenvalue weighted by atomic mass is 10.1. The van der Waals surface area contributed by atoms with Gasteiger partial charge in [0.05, 0.1) is 15.8 Å². The second kappa shape index (κ2) is 14.0. The molecular weight excluding hydrogens is 487 g/mol. The van der Waals surface area contributed by atoms with Crippen LogP contribution in [-0.2, 0) is 21.9 Å². The zero-order chi connectivity index (χ0) is 23.5. The fraction of sp³-hybridized carbons (Fsp3) is 0.417. The van der Waals surface area contributed by atoms with E-state index < -0.39 is 6.04 Å². The number of nitrogens with one attached hydrogen (secondary N) is 1. The minimum absolute atomic E-state index is 0.106. The van der Waals surface area contributed by atoms with E-state index >= 15 is 0 Å². The number of thioether (sulfide) groups is 1. The lowest BCUT2D eigenvalue weighted by Gasteiger charge is -2.30. The van der Waals surface area contributed by atoms with Gasteiger partial charge in [-0.05, 0) is 42.2 Å². The lowest BCUT2D eigenvalue weighted by molar-refractivity contribution is -0.139. The summed E-state index contributed by atoms with van der Waals surface area (Å²) in [7, 11) is 0. The molecular formula is C24H29Cl3N2O2S. The van der Waals surface area contributed by atoms with E-state index in [-0.39, 0.29) is 24.1 Å². The van der Waals surface area contributed by atoms with Crippen molar-refractivity contribution in [3.63, 3.8) is 0 Å². The zero-order valence-electron chi connectivity index (χ0n) is 18.4. The van der Waals surface area contributed by atoms with Gasteiger partial charge in [0.25, 0.3) is 0 Å². The standard InChI is InChI=1S/C24H29Cl3N2O2S/c1-3-5-12-28-24(31)22(4-2)29(14-17-10-11-20(26)21(27)13-17)23(30)16-32-15-18-8-6-7-9-19(18)25/h6-11,13,22H,3-5,12,14-16H2,1-2H3,(H,28,31)/t22-/m1/s1. The Morgan fingerprint density at radius 2 is 1.78 bits per heavy atom. The second-order valence-corrected chi connectivity index (χ2v) is 9.63. The fourth-order valence-electron chi connectivity index (χ4n) is 3.21. The maximum atomic E-state index is 13.2. The monoisotopic (exact) mass is 514 g/mol. The number of hydrogen-bond acceptors (Lipinski definition) is 3. The van der Waals surface area contributed by atoms with E-state index in [0.29, 0.717) is 33.8 Å². The van der Waals surface area contributed by atoms with Gasteiger partial charge in [0, 0.05) is 23.9 Å². The molecule has 2 aromatic rings. The summed E-state index contributed by atoms with van der Waals surface area (Å²) in [4.78, 5) is 27.8. The Labute approximate surface area is 210 Å². The summed E-state index contributed by atoms with van der Waals surface area (Å²) < 4.78 is 0. The molecule has 1 N–H and O–H groups in total. The molecule has 0 spiro atoms. The maximum Gasteiger partial charge on any atom is 0.242 e. The molecule has 2 aromatic carbocycles. The molecule has 0 heterocycles. The molecule has 0 radical (unpaired) electrons. The number of amides is 2. The van der Waals surface area contributed by atoms with Crippen molar-refractivity contribution in [2.24, 2.45) is 0 Å². The van der Waals surface area contributed by atoms with Crippen LogP contribution in [0.2, 0.25) is 15.1 Å². The van der Waals surface area contributed by atoms with E-state index in [0.717, 1.165) is 24.0 Å². The summed E-state index contributed by atoms with van der Waals surface area (Å²) in [5.41, 5.74) is 1.80. The van der Waals surface area contributed by atoms with E-state index in [1.807, 2.05) is 37.3 Å². The molecule has 8 heteroatoms. The molecule has 174 valence electrons. The summed E-state index contributed by atoms with van der Waals surface area (Å²) >= 11 is 19.9. The summed E-state index contributed by atoms with van der Waals surface area (Å²) in [5, 5.41) is 4.52. The van der Waals surface area contributed by atoms with Crippen LogP contribution in [0, 0.1) is 0 Å². The minimum atomic E-state index is -0.560. The van der Waals surface area contributed by atoms with Gasteiger partial charge in [0.2, 0.25) is 11.8 Å². The van der Waals surface area contributed by atoms with E-state index in [9.17, 15) is 9.59 Å². The predicted octanol–water partition coefficient (Wildman–Crippen LogP) is 6.60. The Hall–Kier alpha value is -1.40. The number of hydrogen-bond donors (Lipinski definition) is 1. The van der Waals surface area contributed by atoms with Crippen molar-refractivity contribution in [3.05, 3.63) is 68.7 Å². The van der Waals surface area contributed by atoms with Crippen LogP contribution >= 0.6 is 46.6 Å². The first kappa shape index (κ1) is 26.8. The number of halogens is 3. The molecule has 1 atom stereocenters. The maximum absolute atomic E-state index is 13.2. The van der Waals surface area contributed by atoms with Crippen molar-refractivity contribution in [3.8, 4) is 0 Å². The van der Waals surface area contributed by atoms with Gasteiger partial charge in [-0.25, -0.2) is 0 Å². The third kappa shape index (κ3) is 8.18. The number of carbonyl (C=O) groups is 2. The van der Waals surface area contributed by atoms with Crippen LogP contribution in [0.1, 0.15) is 44.2 Å². The van der Waals surface area contributed by atoms with Crippen molar-refractivity contribution in [1.82, 2.24) is 10.2 Å². The van der Waals surface area contributed by atoms with E-state index in [2.05, 4.69) is 12.2 Å². The minimum Gasteiger partial charge on any atom is -0.354 e. The number of rotatable bonds is 12. The van der Waals surface area contributed by atoms with Gasteiger partial charge in [-0.2, -0.15) is 0 Å². The quantitative estimate of drug-likeness (QED) is 0.324. The summed E-state index contributed by atoms with van der Waals surface area (Å²) in [5.74, 6) is 0.618. The number of carbonyl (C=O) groups excluding carboxylic acids is 2. The van der Waals surface area contributed by atoms with Crippen molar-refractivity contribution in [2.45, 2.75) is 51.4 Å². The summed E-state index contributed by atoms with van der Waals surface area (Å²) in [6.07, 6.45) is 2.40. The van der Waals surface area contributed by atoms with Crippen LogP contribution in [0.25, 0.3) is 0 Å². The average Bonchev–Trinajstić information content (AvgIpc) is 2.77. The Bertz CT molecular complexity index is 911. The topological polar surface area (TPSA) is 49.4 Å². The van der Waals surface area contributed by atoms with Crippen LogP contribution in [0.3, 0.4) is 0 Å². The molecule has 0 fully saturated rings.